The summed E-state index contributed by atoms with van der Waals surface area (Å²) in [5, 5.41) is 1.04. The lowest BCUT2D eigenvalue weighted by Gasteiger charge is -2.32. The van der Waals surface area contributed by atoms with E-state index in [-0.39, 0.29) is 0 Å². The van der Waals surface area contributed by atoms with Crippen LogP contribution >= 0.6 is 0 Å². The van der Waals surface area contributed by atoms with Crippen molar-refractivity contribution in [2.75, 3.05) is 39.6 Å². The molecule has 0 saturated heterocycles. The molecule has 0 spiro atoms. The van der Waals surface area contributed by atoms with E-state index in [0.29, 0.717) is 45.7 Å². The standard InChI is InChI=1S/C21H40O6Si2/c1-8-22-28(23-9-2,24-10-3)17-16-20-15-14-19(7)18-21(20)29(25-11-4,26-12-5)27-13-6/h14-15,18H,8-13,16-17H2,1-7H3. The van der Waals surface area contributed by atoms with Crippen molar-refractivity contribution in [3.8, 4) is 0 Å². The fourth-order valence-corrected chi connectivity index (χ4v) is 8.85. The van der Waals surface area contributed by atoms with Crippen LogP contribution in [0.2, 0.25) is 6.04 Å². The van der Waals surface area contributed by atoms with Crippen LogP contribution in [0.1, 0.15) is 52.7 Å². The molecule has 168 valence electrons. The Kier molecular flexibility index (Phi) is 12.5. The van der Waals surface area contributed by atoms with E-state index in [0.717, 1.165) is 22.7 Å². The predicted molar refractivity (Wildman–Crippen MR) is 121 cm³/mol. The Balaban J connectivity index is 3.31. The van der Waals surface area contributed by atoms with Crippen LogP contribution in [0.5, 0.6) is 0 Å². The molecule has 0 aromatic heterocycles. The Bertz CT molecular complexity index is 550. The first-order chi connectivity index (χ1) is 14.0. The van der Waals surface area contributed by atoms with Gasteiger partial charge in [0, 0.05) is 50.9 Å². The van der Waals surface area contributed by atoms with E-state index in [1.54, 1.807) is 0 Å². The minimum absolute atomic E-state index is 0.537. The summed E-state index contributed by atoms with van der Waals surface area (Å²) in [6.45, 7) is 17.3. The predicted octanol–water partition coefficient (Wildman–Crippen LogP) is 3.84. The molecule has 1 rings (SSSR count). The zero-order chi connectivity index (χ0) is 21.8. The number of benzene rings is 1. The van der Waals surface area contributed by atoms with Gasteiger partial charge in [-0.2, -0.15) is 0 Å². The minimum Gasteiger partial charge on any atom is -0.374 e. The van der Waals surface area contributed by atoms with E-state index in [2.05, 4.69) is 25.1 Å². The third-order valence-corrected chi connectivity index (χ3v) is 10.6. The minimum atomic E-state index is -3.01. The molecule has 0 unspecified atom stereocenters. The monoisotopic (exact) mass is 444 g/mol. The van der Waals surface area contributed by atoms with Gasteiger partial charge in [0.2, 0.25) is 0 Å². The Hall–Kier alpha value is -0.586. The lowest BCUT2D eigenvalue weighted by atomic mass is 10.1. The van der Waals surface area contributed by atoms with Gasteiger partial charge in [0.25, 0.3) is 0 Å². The maximum absolute atomic E-state index is 6.18. The molecule has 8 heteroatoms. The SMILES string of the molecule is CCO[Si](CCc1ccc(C)cc1[Si](OCC)(OCC)OCC)(OCC)OCC. The highest BCUT2D eigenvalue weighted by atomic mass is 28.4. The van der Waals surface area contributed by atoms with Crippen LogP contribution in [-0.4, -0.2) is 57.3 Å². The summed E-state index contributed by atoms with van der Waals surface area (Å²) in [6.07, 6.45) is 0.754. The Morgan fingerprint density at radius 3 is 1.52 bits per heavy atom. The van der Waals surface area contributed by atoms with Crippen LogP contribution in [0, 0.1) is 6.92 Å². The average Bonchev–Trinajstić information content (AvgIpc) is 2.68. The van der Waals surface area contributed by atoms with Gasteiger partial charge >= 0.3 is 17.6 Å². The summed E-state index contributed by atoms with van der Waals surface area (Å²) in [4.78, 5) is 0. The van der Waals surface area contributed by atoms with Crippen LogP contribution in [0.3, 0.4) is 0 Å². The van der Waals surface area contributed by atoms with Gasteiger partial charge in [0.05, 0.1) is 0 Å². The number of hydrogen-bond acceptors (Lipinski definition) is 6. The van der Waals surface area contributed by atoms with Crippen LogP contribution in [-0.2, 0) is 33.0 Å². The lowest BCUT2D eigenvalue weighted by molar-refractivity contribution is 0.0711. The molecule has 0 N–H and O–H groups in total. The van der Waals surface area contributed by atoms with E-state index in [1.807, 2.05) is 41.5 Å². The van der Waals surface area contributed by atoms with E-state index < -0.39 is 17.6 Å². The molecule has 0 amide bonds. The topological polar surface area (TPSA) is 55.4 Å². The molecule has 0 atom stereocenters. The zero-order valence-corrected chi connectivity index (χ0v) is 21.3. The lowest BCUT2D eigenvalue weighted by Crippen LogP contribution is -2.58. The molecule has 0 saturated carbocycles. The van der Waals surface area contributed by atoms with Crippen molar-refractivity contribution in [2.45, 2.75) is 60.9 Å². The average molecular weight is 445 g/mol. The van der Waals surface area contributed by atoms with Gasteiger partial charge in [-0.15, -0.1) is 0 Å². The first-order valence-corrected chi connectivity index (χ1v) is 14.6. The first kappa shape index (κ1) is 26.4. The Morgan fingerprint density at radius 1 is 0.655 bits per heavy atom. The van der Waals surface area contributed by atoms with Crippen molar-refractivity contribution in [1.82, 2.24) is 0 Å². The van der Waals surface area contributed by atoms with Crippen molar-refractivity contribution in [3.05, 3.63) is 29.3 Å². The Labute approximate surface area is 179 Å². The van der Waals surface area contributed by atoms with Crippen molar-refractivity contribution >= 4 is 22.8 Å². The third kappa shape index (κ3) is 7.55. The van der Waals surface area contributed by atoms with E-state index in [9.17, 15) is 0 Å². The van der Waals surface area contributed by atoms with Gasteiger partial charge in [0.15, 0.2) is 0 Å². The zero-order valence-electron chi connectivity index (χ0n) is 19.3. The molecule has 0 aliphatic heterocycles. The van der Waals surface area contributed by atoms with Crippen molar-refractivity contribution in [1.29, 1.82) is 0 Å². The molecule has 0 bridgehead atoms. The van der Waals surface area contributed by atoms with Crippen molar-refractivity contribution < 1.29 is 26.6 Å². The molecule has 0 aliphatic rings. The fraction of sp³-hybridized carbons (Fsp3) is 0.714. The van der Waals surface area contributed by atoms with E-state index in [4.69, 9.17) is 26.6 Å². The second-order valence-corrected chi connectivity index (χ2v) is 11.7. The molecule has 0 radical (unpaired) electrons. The van der Waals surface area contributed by atoms with Crippen LogP contribution in [0.15, 0.2) is 18.2 Å². The maximum atomic E-state index is 6.18. The van der Waals surface area contributed by atoms with Crippen LogP contribution in [0.4, 0.5) is 0 Å². The van der Waals surface area contributed by atoms with Crippen molar-refractivity contribution in [2.24, 2.45) is 0 Å². The molecule has 0 fully saturated rings. The molecular formula is C21H40O6Si2. The van der Waals surface area contributed by atoms with Gasteiger partial charge in [-0.3, -0.25) is 0 Å². The molecule has 0 heterocycles. The second kappa shape index (κ2) is 13.7. The highest BCUT2D eigenvalue weighted by Crippen LogP contribution is 2.22. The van der Waals surface area contributed by atoms with Crippen LogP contribution < -0.4 is 5.19 Å². The smallest absolute Gasteiger partial charge is 0.374 e. The van der Waals surface area contributed by atoms with Gasteiger partial charge in [-0.1, -0.05) is 23.8 Å². The van der Waals surface area contributed by atoms with Gasteiger partial charge in [0.1, 0.15) is 0 Å². The fourth-order valence-electron chi connectivity index (χ4n) is 3.41. The molecule has 1 aromatic rings. The summed E-state index contributed by atoms with van der Waals surface area (Å²) in [5.74, 6) is 0. The largest absolute Gasteiger partial charge is 0.537 e. The second-order valence-electron chi connectivity index (χ2n) is 6.50. The van der Waals surface area contributed by atoms with Gasteiger partial charge in [-0.25, -0.2) is 0 Å². The molecular weight excluding hydrogens is 404 g/mol. The maximum Gasteiger partial charge on any atom is 0.537 e. The third-order valence-electron chi connectivity index (χ3n) is 4.39. The highest BCUT2D eigenvalue weighted by Gasteiger charge is 2.46. The number of aryl methyl sites for hydroxylation is 2. The van der Waals surface area contributed by atoms with Crippen LogP contribution in [0.25, 0.3) is 0 Å². The van der Waals surface area contributed by atoms with Gasteiger partial charge in [-0.05, 0) is 60.5 Å². The molecule has 29 heavy (non-hydrogen) atoms. The normalized spacial score (nSPS) is 12.5. The van der Waals surface area contributed by atoms with E-state index in [1.165, 1.54) is 0 Å². The quantitative estimate of drug-likeness (QED) is 0.361. The molecule has 6 nitrogen and oxygen atoms in total. The number of hydrogen-bond donors (Lipinski definition) is 0. The van der Waals surface area contributed by atoms with Crippen molar-refractivity contribution in [3.63, 3.8) is 0 Å². The Morgan fingerprint density at radius 2 is 1.10 bits per heavy atom. The summed E-state index contributed by atoms with van der Waals surface area (Å²) < 4.78 is 36.6. The summed E-state index contributed by atoms with van der Waals surface area (Å²) in [5.41, 5.74) is 2.30. The van der Waals surface area contributed by atoms with E-state index >= 15 is 0 Å². The summed E-state index contributed by atoms with van der Waals surface area (Å²) in [6, 6.07) is 7.11. The molecule has 0 aliphatic carbocycles. The first-order valence-electron chi connectivity index (χ1n) is 10.9. The van der Waals surface area contributed by atoms with Gasteiger partial charge < -0.3 is 26.6 Å². The summed E-state index contributed by atoms with van der Waals surface area (Å²) >= 11 is 0. The summed E-state index contributed by atoms with van der Waals surface area (Å²) in [7, 11) is -5.74. The number of rotatable bonds is 16. The molecule has 1 aromatic carbocycles. The highest BCUT2D eigenvalue weighted by molar-refractivity contribution is 6.76.